The molecule has 0 radical (unpaired) electrons. The maximum Gasteiger partial charge on any atom is 0.209 e. The topological polar surface area (TPSA) is 55.6 Å². The first-order chi connectivity index (χ1) is 7.43. The van der Waals surface area contributed by atoms with Crippen LogP contribution in [0, 0.1) is 0 Å². The molecule has 1 N–H and O–H groups in total. The molecule has 0 amide bonds. The summed E-state index contributed by atoms with van der Waals surface area (Å²) in [5, 5.41) is 17.0. The molecule has 0 aromatic carbocycles. The zero-order valence-corrected chi connectivity index (χ0v) is 9.41. The summed E-state index contributed by atoms with van der Waals surface area (Å²) < 4.78 is 2.01. The average molecular weight is 225 g/mol. The predicted molar refractivity (Wildman–Crippen MR) is 57.8 cm³/mol. The van der Waals surface area contributed by atoms with Gasteiger partial charge in [0.2, 0.25) is 5.16 Å². The third kappa shape index (κ3) is 2.15. The summed E-state index contributed by atoms with van der Waals surface area (Å²) in [7, 11) is 0. The van der Waals surface area contributed by atoms with E-state index in [2.05, 4.69) is 20.8 Å². The number of hydrogen-bond donors (Lipinski definition) is 1. The number of nitrogens with zero attached hydrogens (tertiary/aromatic N) is 4. The number of thioether (sulfide) groups is 1. The van der Waals surface area contributed by atoms with Crippen molar-refractivity contribution in [2.45, 2.75) is 42.1 Å². The van der Waals surface area contributed by atoms with Crippen molar-refractivity contribution >= 4 is 11.8 Å². The molecular weight excluding hydrogens is 210 g/mol. The number of nitrogens with one attached hydrogen (secondary N) is 1. The lowest BCUT2D eigenvalue weighted by atomic mass is 10.2. The fourth-order valence-corrected chi connectivity index (χ4v) is 3.02. The van der Waals surface area contributed by atoms with E-state index >= 15 is 0 Å². The second kappa shape index (κ2) is 4.09. The first kappa shape index (κ1) is 9.59. The molecule has 0 atom stereocenters. The molecule has 82 valence electrons. The summed E-state index contributed by atoms with van der Waals surface area (Å²) in [6.07, 6.45) is 4.93. The Morgan fingerprint density at radius 1 is 1.20 bits per heavy atom. The van der Waals surface area contributed by atoms with Crippen molar-refractivity contribution < 1.29 is 0 Å². The standard InChI is InChI=1S/C9H15N5S/c1-2-7(1)14-9(11-12-13-14)15-8-3-5-10-6-4-8/h7-8,10H,1-6H2. The van der Waals surface area contributed by atoms with Gasteiger partial charge in [0.25, 0.3) is 0 Å². The highest BCUT2D eigenvalue weighted by atomic mass is 32.2. The molecule has 5 nitrogen and oxygen atoms in total. The van der Waals surface area contributed by atoms with E-state index in [1.54, 1.807) is 0 Å². The van der Waals surface area contributed by atoms with E-state index in [0.29, 0.717) is 11.3 Å². The number of aromatic nitrogens is 4. The molecule has 1 saturated carbocycles. The maximum absolute atomic E-state index is 4.12. The Bertz CT molecular complexity index is 329. The van der Waals surface area contributed by atoms with Crippen molar-refractivity contribution in [3.63, 3.8) is 0 Å². The van der Waals surface area contributed by atoms with Crippen molar-refractivity contribution in [3.8, 4) is 0 Å². The average Bonchev–Trinajstić information content (AvgIpc) is 3.02. The second-order valence-corrected chi connectivity index (χ2v) is 5.47. The van der Waals surface area contributed by atoms with E-state index in [1.807, 2.05) is 16.4 Å². The van der Waals surface area contributed by atoms with Crippen LogP contribution in [-0.4, -0.2) is 38.5 Å². The van der Waals surface area contributed by atoms with Gasteiger partial charge in [0.1, 0.15) is 0 Å². The molecule has 2 aliphatic rings. The Kier molecular flexibility index (Phi) is 2.62. The van der Waals surface area contributed by atoms with E-state index in [1.165, 1.54) is 25.7 Å². The quantitative estimate of drug-likeness (QED) is 0.826. The number of piperidine rings is 1. The highest BCUT2D eigenvalue weighted by Crippen LogP contribution is 2.37. The lowest BCUT2D eigenvalue weighted by Crippen LogP contribution is -2.29. The summed E-state index contributed by atoms with van der Waals surface area (Å²) >= 11 is 1.85. The van der Waals surface area contributed by atoms with Crippen LogP contribution in [0.25, 0.3) is 0 Å². The van der Waals surface area contributed by atoms with Crippen LogP contribution in [-0.2, 0) is 0 Å². The van der Waals surface area contributed by atoms with Gasteiger partial charge in [-0.25, -0.2) is 4.68 Å². The van der Waals surface area contributed by atoms with Crippen LogP contribution in [0.5, 0.6) is 0 Å². The molecule has 1 aliphatic carbocycles. The first-order valence-corrected chi connectivity index (χ1v) is 6.46. The van der Waals surface area contributed by atoms with Crippen LogP contribution < -0.4 is 5.32 Å². The third-order valence-electron chi connectivity index (χ3n) is 2.91. The largest absolute Gasteiger partial charge is 0.317 e. The van der Waals surface area contributed by atoms with E-state index in [0.717, 1.165) is 18.2 Å². The SMILES string of the molecule is C1CC(Sc2nnnn2C2CC2)CCN1. The number of hydrogen-bond acceptors (Lipinski definition) is 5. The summed E-state index contributed by atoms with van der Waals surface area (Å²) in [6, 6.07) is 0.587. The van der Waals surface area contributed by atoms with Gasteiger partial charge in [-0.05, 0) is 49.2 Å². The molecule has 2 heterocycles. The molecule has 6 heteroatoms. The minimum absolute atomic E-state index is 0.587. The van der Waals surface area contributed by atoms with Gasteiger partial charge < -0.3 is 5.32 Å². The Morgan fingerprint density at radius 3 is 2.73 bits per heavy atom. The number of rotatable bonds is 3. The van der Waals surface area contributed by atoms with Gasteiger partial charge in [-0.2, -0.15) is 0 Å². The predicted octanol–water partition coefficient (Wildman–Crippen LogP) is 0.852. The first-order valence-electron chi connectivity index (χ1n) is 5.59. The summed E-state index contributed by atoms with van der Waals surface area (Å²) in [6.45, 7) is 2.26. The molecule has 0 unspecified atom stereocenters. The van der Waals surface area contributed by atoms with Gasteiger partial charge >= 0.3 is 0 Å². The Hall–Kier alpha value is -0.620. The highest BCUT2D eigenvalue weighted by molar-refractivity contribution is 7.99. The van der Waals surface area contributed by atoms with Crippen LogP contribution in [0.2, 0.25) is 0 Å². The van der Waals surface area contributed by atoms with Crippen LogP contribution in [0.1, 0.15) is 31.7 Å². The third-order valence-corrected chi connectivity index (χ3v) is 4.20. The number of tetrazole rings is 1. The van der Waals surface area contributed by atoms with Gasteiger partial charge in [0, 0.05) is 5.25 Å². The maximum atomic E-state index is 4.12. The summed E-state index contributed by atoms with van der Waals surface area (Å²) in [4.78, 5) is 0. The van der Waals surface area contributed by atoms with Gasteiger partial charge in [-0.15, -0.1) is 5.10 Å². The molecular formula is C9H15N5S. The molecule has 0 spiro atoms. The van der Waals surface area contributed by atoms with Crippen LogP contribution in [0.15, 0.2) is 5.16 Å². The van der Waals surface area contributed by atoms with Crippen LogP contribution in [0.3, 0.4) is 0 Å². The van der Waals surface area contributed by atoms with Crippen molar-refractivity contribution in [2.75, 3.05) is 13.1 Å². The Morgan fingerprint density at radius 2 is 2.00 bits per heavy atom. The van der Waals surface area contributed by atoms with Gasteiger partial charge in [0.05, 0.1) is 6.04 Å². The van der Waals surface area contributed by atoms with E-state index < -0.39 is 0 Å². The second-order valence-electron chi connectivity index (χ2n) is 4.20. The van der Waals surface area contributed by atoms with Crippen molar-refractivity contribution in [1.29, 1.82) is 0 Å². The molecule has 1 aromatic heterocycles. The van der Waals surface area contributed by atoms with Crippen molar-refractivity contribution in [3.05, 3.63) is 0 Å². The lowest BCUT2D eigenvalue weighted by Gasteiger charge is -2.21. The molecule has 1 saturated heterocycles. The van der Waals surface area contributed by atoms with Crippen molar-refractivity contribution in [1.82, 2.24) is 25.5 Å². The smallest absolute Gasteiger partial charge is 0.209 e. The Balaban J connectivity index is 1.67. The highest BCUT2D eigenvalue weighted by Gasteiger charge is 2.29. The van der Waals surface area contributed by atoms with Gasteiger partial charge in [-0.3, -0.25) is 0 Å². The minimum Gasteiger partial charge on any atom is -0.317 e. The zero-order chi connectivity index (χ0) is 10.1. The molecule has 2 fully saturated rings. The van der Waals surface area contributed by atoms with Gasteiger partial charge in [0.15, 0.2) is 0 Å². The van der Waals surface area contributed by atoms with E-state index in [-0.39, 0.29) is 0 Å². The van der Waals surface area contributed by atoms with E-state index in [9.17, 15) is 0 Å². The zero-order valence-electron chi connectivity index (χ0n) is 8.59. The van der Waals surface area contributed by atoms with Crippen LogP contribution >= 0.6 is 11.8 Å². The van der Waals surface area contributed by atoms with Crippen LogP contribution in [0.4, 0.5) is 0 Å². The summed E-state index contributed by atoms with van der Waals surface area (Å²) in [5.74, 6) is 0. The molecule has 1 aromatic rings. The fourth-order valence-electron chi connectivity index (χ4n) is 1.87. The molecule has 0 bridgehead atoms. The van der Waals surface area contributed by atoms with Crippen molar-refractivity contribution in [2.24, 2.45) is 0 Å². The summed E-state index contributed by atoms with van der Waals surface area (Å²) in [5.41, 5.74) is 0. The van der Waals surface area contributed by atoms with E-state index in [4.69, 9.17) is 0 Å². The Labute approximate surface area is 93.0 Å². The molecule has 1 aliphatic heterocycles. The minimum atomic E-state index is 0.587. The molecule has 3 rings (SSSR count). The monoisotopic (exact) mass is 225 g/mol. The lowest BCUT2D eigenvalue weighted by molar-refractivity contribution is 0.525. The normalized spacial score (nSPS) is 23.2. The fraction of sp³-hybridized carbons (Fsp3) is 0.889. The van der Waals surface area contributed by atoms with Gasteiger partial charge in [-0.1, -0.05) is 11.8 Å². The molecule has 15 heavy (non-hydrogen) atoms.